The summed E-state index contributed by atoms with van der Waals surface area (Å²) in [5.41, 5.74) is 2.07. The molecule has 1 heterocycles. The predicted octanol–water partition coefficient (Wildman–Crippen LogP) is 3.74. The highest BCUT2D eigenvalue weighted by molar-refractivity contribution is 6.24. The number of amides is 3. The standard InChI is InChI=1S/C29H23NO7/c1-13-11-21(32)24-19(26(13)33)12-18-16(8-9-17-22(18)28(35)30(27(17)34)29(36)37-2)25(24)23-15-6-4-3-5-14(15)7-10-20(23)31/h3-8,10-11,17-18,22,25,31H,9,12H2,1-2H3. The van der Waals surface area contributed by atoms with E-state index in [-0.39, 0.29) is 30.2 Å². The van der Waals surface area contributed by atoms with Crippen molar-refractivity contribution >= 4 is 40.2 Å². The Balaban J connectivity index is 1.60. The number of likely N-dealkylation sites (tertiary alicyclic amines) is 1. The van der Waals surface area contributed by atoms with Crippen LogP contribution in [0.15, 0.2) is 70.8 Å². The Morgan fingerprint density at radius 1 is 1.03 bits per heavy atom. The molecule has 1 fully saturated rings. The SMILES string of the molecule is COC(=O)N1C(=O)C2CC=C3C(c4c(O)ccc5ccccc45)C4=C(CC3C2C1=O)C(=O)C(C)=CC4=O. The number of aromatic hydroxyl groups is 1. The molecular weight excluding hydrogens is 474 g/mol. The topological polar surface area (TPSA) is 118 Å². The van der Waals surface area contributed by atoms with Gasteiger partial charge in [-0.05, 0) is 48.6 Å². The maximum Gasteiger partial charge on any atom is 0.423 e. The van der Waals surface area contributed by atoms with Crippen molar-refractivity contribution in [2.24, 2.45) is 17.8 Å². The third-order valence-electron chi connectivity index (χ3n) is 8.16. The second kappa shape index (κ2) is 8.09. The number of benzene rings is 2. The molecule has 37 heavy (non-hydrogen) atoms. The molecule has 2 aromatic rings. The molecule has 3 amide bonds. The maximum atomic E-state index is 13.4. The number of Topliss-reactive ketones (excluding diaryl/α,β-unsaturated/α-hetero) is 1. The van der Waals surface area contributed by atoms with Gasteiger partial charge in [-0.3, -0.25) is 19.2 Å². The molecular formula is C29H23NO7. The molecule has 8 heteroatoms. The number of ether oxygens (including phenoxy) is 1. The number of fused-ring (bicyclic) bond motifs is 4. The van der Waals surface area contributed by atoms with Gasteiger partial charge < -0.3 is 9.84 Å². The van der Waals surface area contributed by atoms with Gasteiger partial charge in [-0.25, -0.2) is 4.79 Å². The first-order valence-electron chi connectivity index (χ1n) is 12.1. The van der Waals surface area contributed by atoms with Crippen LogP contribution in [-0.2, 0) is 23.9 Å². The summed E-state index contributed by atoms with van der Waals surface area (Å²) in [5, 5.41) is 12.7. The predicted molar refractivity (Wildman–Crippen MR) is 131 cm³/mol. The highest BCUT2D eigenvalue weighted by Crippen LogP contribution is 2.57. The van der Waals surface area contributed by atoms with Crippen molar-refractivity contribution < 1.29 is 33.8 Å². The van der Waals surface area contributed by atoms with Gasteiger partial charge in [-0.1, -0.05) is 42.0 Å². The van der Waals surface area contributed by atoms with Crippen LogP contribution in [0.3, 0.4) is 0 Å². The summed E-state index contributed by atoms with van der Waals surface area (Å²) in [4.78, 5) is 66.1. The Bertz CT molecular complexity index is 1560. The molecule has 3 aliphatic carbocycles. The van der Waals surface area contributed by atoms with Crippen LogP contribution in [0.5, 0.6) is 5.75 Å². The van der Waals surface area contributed by atoms with Crippen LogP contribution in [-0.4, -0.2) is 46.6 Å². The van der Waals surface area contributed by atoms with E-state index in [1.165, 1.54) is 6.08 Å². The molecule has 2 aromatic carbocycles. The Morgan fingerprint density at radius 2 is 1.78 bits per heavy atom. The summed E-state index contributed by atoms with van der Waals surface area (Å²) in [5.74, 6) is -4.95. The molecule has 0 radical (unpaired) electrons. The van der Waals surface area contributed by atoms with Gasteiger partial charge in [0, 0.05) is 28.2 Å². The monoisotopic (exact) mass is 497 g/mol. The number of nitrogens with zero attached hydrogens (tertiary/aromatic N) is 1. The number of hydrogen-bond donors (Lipinski definition) is 1. The summed E-state index contributed by atoms with van der Waals surface area (Å²) in [6.07, 6.45) is 2.42. The van der Waals surface area contributed by atoms with Crippen LogP contribution in [0.25, 0.3) is 10.8 Å². The quantitative estimate of drug-likeness (QED) is 0.362. The molecule has 6 rings (SSSR count). The number of methoxy groups -OCH3 is 1. The first-order valence-corrected chi connectivity index (χ1v) is 12.1. The van der Waals surface area contributed by atoms with Crippen molar-refractivity contribution in [3.05, 3.63) is 76.4 Å². The second-order valence-electron chi connectivity index (χ2n) is 9.93. The average Bonchev–Trinajstić information content (AvgIpc) is 3.15. The van der Waals surface area contributed by atoms with E-state index in [0.29, 0.717) is 32.8 Å². The fraction of sp³-hybridized carbons (Fsp3) is 0.276. The van der Waals surface area contributed by atoms with Gasteiger partial charge in [0.25, 0.3) is 0 Å². The summed E-state index contributed by atoms with van der Waals surface area (Å²) in [6, 6.07) is 10.8. The molecule has 4 aliphatic rings. The van der Waals surface area contributed by atoms with Crippen molar-refractivity contribution in [1.29, 1.82) is 0 Å². The third kappa shape index (κ3) is 3.11. The number of rotatable bonds is 1. The zero-order valence-corrected chi connectivity index (χ0v) is 20.2. The molecule has 0 bridgehead atoms. The number of hydrogen-bond acceptors (Lipinski definition) is 7. The number of ketones is 2. The fourth-order valence-corrected chi connectivity index (χ4v) is 6.57. The van der Waals surface area contributed by atoms with Gasteiger partial charge in [0.15, 0.2) is 11.6 Å². The molecule has 0 aromatic heterocycles. The van der Waals surface area contributed by atoms with E-state index in [9.17, 15) is 29.1 Å². The molecule has 8 nitrogen and oxygen atoms in total. The lowest BCUT2D eigenvalue weighted by Gasteiger charge is -2.42. The van der Waals surface area contributed by atoms with E-state index in [1.54, 1.807) is 19.1 Å². The molecule has 1 N–H and O–H groups in total. The van der Waals surface area contributed by atoms with Gasteiger partial charge in [0.2, 0.25) is 11.8 Å². The van der Waals surface area contributed by atoms with Gasteiger partial charge in [0.05, 0.1) is 18.9 Å². The minimum absolute atomic E-state index is 0.0317. The van der Waals surface area contributed by atoms with E-state index in [1.807, 2.05) is 30.3 Å². The Morgan fingerprint density at radius 3 is 2.54 bits per heavy atom. The van der Waals surface area contributed by atoms with E-state index in [4.69, 9.17) is 0 Å². The van der Waals surface area contributed by atoms with Crippen molar-refractivity contribution in [1.82, 2.24) is 4.90 Å². The van der Waals surface area contributed by atoms with Gasteiger partial charge in [-0.15, -0.1) is 0 Å². The van der Waals surface area contributed by atoms with Crippen molar-refractivity contribution in [3.8, 4) is 5.75 Å². The van der Waals surface area contributed by atoms with Crippen LogP contribution in [0.4, 0.5) is 4.79 Å². The Kier molecular flexibility index (Phi) is 5.05. The van der Waals surface area contributed by atoms with Crippen molar-refractivity contribution in [2.45, 2.75) is 25.7 Å². The van der Waals surface area contributed by atoms with Crippen molar-refractivity contribution in [3.63, 3.8) is 0 Å². The zero-order chi connectivity index (χ0) is 26.2. The van der Waals surface area contributed by atoms with Gasteiger partial charge in [-0.2, -0.15) is 4.90 Å². The number of allylic oxidation sites excluding steroid dienone is 6. The molecule has 0 saturated carbocycles. The number of imide groups is 3. The highest BCUT2D eigenvalue weighted by Gasteiger charge is 2.58. The molecule has 1 saturated heterocycles. The van der Waals surface area contributed by atoms with Gasteiger partial charge >= 0.3 is 6.09 Å². The van der Waals surface area contributed by atoms with Crippen LogP contribution in [0, 0.1) is 17.8 Å². The number of phenolic OH excluding ortho intramolecular Hbond substituents is 1. The minimum atomic E-state index is -1.03. The molecule has 186 valence electrons. The van der Waals surface area contributed by atoms with E-state index < -0.39 is 41.6 Å². The molecule has 4 unspecified atom stereocenters. The van der Waals surface area contributed by atoms with Crippen molar-refractivity contribution in [2.75, 3.05) is 7.11 Å². The van der Waals surface area contributed by atoms with Crippen LogP contribution >= 0.6 is 0 Å². The summed E-state index contributed by atoms with van der Waals surface area (Å²) < 4.78 is 4.68. The van der Waals surface area contributed by atoms with Crippen LogP contribution in [0.1, 0.15) is 31.2 Å². The largest absolute Gasteiger partial charge is 0.508 e. The van der Waals surface area contributed by atoms with Crippen LogP contribution in [0.2, 0.25) is 0 Å². The Hall–Kier alpha value is -4.33. The molecule has 4 atom stereocenters. The van der Waals surface area contributed by atoms with Gasteiger partial charge in [0.1, 0.15) is 5.75 Å². The highest BCUT2D eigenvalue weighted by atomic mass is 16.5. The molecule has 0 spiro atoms. The lowest BCUT2D eigenvalue weighted by atomic mass is 9.59. The second-order valence-corrected chi connectivity index (χ2v) is 9.93. The molecule has 1 aliphatic heterocycles. The summed E-state index contributed by atoms with van der Waals surface area (Å²) in [6.45, 7) is 1.58. The maximum absolute atomic E-state index is 13.4. The lowest BCUT2D eigenvalue weighted by molar-refractivity contribution is -0.137. The first kappa shape index (κ1) is 23.1. The third-order valence-corrected chi connectivity index (χ3v) is 8.16. The average molecular weight is 498 g/mol. The summed E-state index contributed by atoms with van der Waals surface area (Å²) in [7, 11) is 1.10. The normalized spacial score (nSPS) is 27.0. The first-order chi connectivity index (χ1) is 17.7. The fourth-order valence-electron chi connectivity index (χ4n) is 6.57. The number of phenols is 1. The smallest absolute Gasteiger partial charge is 0.423 e. The van der Waals surface area contributed by atoms with E-state index in [2.05, 4.69) is 4.74 Å². The zero-order valence-electron chi connectivity index (χ0n) is 20.2. The van der Waals surface area contributed by atoms with E-state index >= 15 is 0 Å². The number of carbonyl (C=O) groups excluding carboxylic acids is 5. The lowest BCUT2D eigenvalue weighted by Crippen LogP contribution is -2.40. The summed E-state index contributed by atoms with van der Waals surface area (Å²) >= 11 is 0. The minimum Gasteiger partial charge on any atom is -0.508 e. The number of carbonyl (C=O) groups is 5. The Labute approximate surface area is 211 Å². The van der Waals surface area contributed by atoms with E-state index in [0.717, 1.165) is 17.9 Å². The van der Waals surface area contributed by atoms with Crippen LogP contribution < -0.4 is 0 Å².